The molecule has 0 bridgehead atoms. The largest absolute Gasteiger partial charge is 0.269 e. The van der Waals surface area contributed by atoms with E-state index in [2.05, 4.69) is 59.7 Å². The Morgan fingerprint density at radius 1 is 0.880 bits per heavy atom. The monoisotopic (exact) mass is 339 g/mol. The third-order valence-electron chi connectivity index (χ3n) is 5.84. The van der Waals surface area contributed by atoms with Gasteiger partial charge >= 0.3 is 0 Å². The van der Waals surface area contributed by atoms with Crippen LogP contribution in [0, 0.1) is 17.8 Å². The SMILES string of the molecule is CC(C)c1cccc2c1[C@@H](N1C(=O)C=CC1=O)[C@@H](C(C)C)[C@@H]2C(C)C. The highest BCUT2D eigenvalue weighted by atomic mass is 16.2. The Morgan fingerprint density at radius 3 is 1.96 bits per heavy atom. The Labute approximate surface area is 151 Å². The topological polar surface area (TPSA) is 37.4 Å². The van der Waals surface area contributed by atoms with E-state index in [0.717, 1.165) is 0 Å². The normalized spacial score (nSPS) is 25.8. The summed E-state index contributed by atoms with van der Waals surface area (Å²) in [6, 6.07) is 6.35. The number of imide groups is 1. The van der Waals surface area contributed by atoms with Crippen LogP contribution in [-0.4, -0.2) is 16.7 Å². The number of carbonyl (C=O) groups excluding carboxylic acids is 2. The van der Waals surface area contributed by atoms with Crippen LogP contribution in [0.3, 0.4) is 0 Å². The zero-order valence-electron chi connectivity index (χ0n) is 16.1. The van der Waals surface area contributed by atoms with Gasteiger partial charge in [0.2, 0.25) is 0 Å². The molecule has 2 aliphatic rings. The van der Waals surface area contributed by atoms with E-state index >= 15 is 0 Å². The van der Waals surface area contributed by atoms with Crippen LogP contribution in [0.5, 0.6) is 0 Å². The number of amides is 2. The molecule has 3 rings (SSSR count). The van der Waals surface area contributed by atoms with Crippen molar-refractivity contribution in [2.45, 2.75) is 59.4 Å². The number of fused-ring (bicyclic) bond motifs is 1. The van der Waals surface area contributed by atoms with Gasteiger partial charge in [-0.25, -0.2) is 0 Å². The molecular formula is C22H29NO2. The molecule has 3 atom stereocenters. The molecule has 25 heavy (non-hydrogen) atoms. The molecule has 0 N–H and O–H groups in total. The lowest BCUT2D eigenvalue weighted by Crippen LogP contribution is -2.39. The molecule has 0 fully saturated rings. The molecule has 0 spiro atoms. The summed E-state index contributed by atoms with van der Waals surface area (Å²) in [6.45, 7) is 13.3. The van der Waals surface area contributed by atoms with E-state index in [1.807, 2.05) is 0 Å². The highest BCUT2D eigenvalue weighted by Crippen LogP contribution is 2.56. The van der Waals surface area contributed by atoms with Gasteiger partial charge in [-0.1, -0.05) is 59.7 Å². The molecule has 3 nitrogen and oxygen atoms in total. The molecule has 1 aromatic rings. The summed E-state index contributed by atoms with van der Waals surface area (Å²) < 4.78 is 0. The van der Waals surface area contributed by atoms with Crippen LogP contribution in [0.25, 0.3) is 0 Å². The summed E-state index contributed by atoms with van der Waals surface area (Å²) in [5, 5.41) is 0. The zero-order valence-corrected chi connectivity index (χ0v) is 16.1. The smallest absolute Gasteiger partial charge is 0.254 e. The van der Waals surface area contributed by atoms with E-state index < -0.39 is 0 Å². The predicted molar refractivity (Wildman–Crippen MR) is 100 cm³/mol. The fourth-order valence-corrected chi connectivity index (χ4v) is 4.90. The van der Waals surface area contributed by atoms with E-state index in [1.165, 1.54) is 33.7 Å². The quantitative estimate of drug-likeness (QED) is 0.739. The summed E-state index contributed by atoms with van der Waals surface area (Å²) in [4.78, 5) is 26.6. The molecule has 0 aromatic heterocycles. The Balaban J connectivity index is 2.25. The zero-order chi connectivity index (χ0) is 18.5. The second-order valence-corrected chi connectivity index (χ2v) is 8.42. The maximum Gasteiger partial charge on any atom is 0.254 e. The third kappa shape index (κ3) is 2.74. The first-order chi connectivity index (χ1) is 11.8. The van der Waals surface area contributed by atoms with Crippen LogP contribution in [-0.2, 0) is 9.59 Å². The first-order valence-corrected chi connectivity index (χ1v) is 9.43. The van der Waals surface area contributed by atoms with Crippen molar-refractivity contribution in [2.75, 3.05) is 0 Å². The van der Waals surface area contributed by atoms with Crippen molar-refractivity contribution in [3.05, 3.63) is 47.0 Å². The number of carbonyl (C=O) groups is 2. The molecule has 0 radical (unpaired) electrons. The standard InChI is InChI=1S/C22H29NO2/c1-12(2)15-8-7-9-16-19(13(3)4)20(14(5)6)22(21(15)16)23-17(24)10-11-18(23)25/h7-14,19-20,22H,1-6H3/t19-,20+,22+/m1/s1. The molecule has 134 valence electrons. The molecule has 0 saturated carbocycles. The molecule has 1 aromatic carbocycles. The highest BCUT2D eigenvalue weighted by molar-refractivity contribution is 6.13. The van der Waals surface area contributed by atoms with Crippen LogP contribution in [0.2, 0.25) is 0 Å². The minimum absolute atomic E-state index is 0.156. The molecule has 3 heteroatoms. The fraction of sp³-hybridized carbons (Fsp3) is 0.545. The Bertz CT molecular complexity index is 712. The molecule has 1 aliphatic heterocycles. The van der Waals surface area contributed by atoms with Crippen molar-refractivity contribution < 1.29 is 9.59 Å². The number of hydrogen-bond donors (Lipinski definition) is 0. The van der Waals surface area contributed by atoms with E-state index in [9.17, 15) is 9.59 Å². The van der Waals surface area contributed by atoms with Gasteiger partial charge in [-0.15, -0.1) is 0 Å². The van der Waals surface area contributed by atoms with Crippen molar-refractivity contribution in [3.63, 3.8) is 0 Å². The Morgan fingerprint density at radius 2 is 1.48 bits per heavy atom. The lowest BCUT2D eigenvalue weighted by atomic mass is 9.76. The molecule has 1 aliphatic carbocycles. The van der Waals surface area contributed by atoms with Gasteiger partial charge in [0.1, 0.15) is 0 Å². The second-order valence-electron chi connectivity index (χ2n) is 8.42. The molecule has 2 amide bonds. The van der Waals surface area contributed by atoms with Crippen LogP contribution < -0.4 is 0 Å². The minimum Gasteiger partial charge on any atom is -0.269 e. The highest BCUT2D eigenvalue weighted by Gasteiger charge is 2.50. The average molecular weight is 339 g/mol. The summed E-state index contributed by atoms with van der Waals surface area (Å²) in [6.07, 6.45) is 2.83. The molecule has 0 unspecified atom stereocenters. The Kier molecular flexibility index (Phi) is 4.61. The van der Waals surface area contributed by atoms with Gasteiger partial charge in [0, 0.05) is 12.2 Å². The van der Waals surface area contributed by atoms with Crippen LogP contribution >= 0.6 is 0 Å². The first kappa shape index (κ1) is 17.9. The molecular weight excluding hydrogens is 310 g/mol. The van der Waals surface area contributed by atoms with Gasteiger partial charge in [0.15, 0.2) is 0 Å². The number of nitrogens with zero attached hydrogens (tertiary/aromatic N) is 1. The third-order valence-corrected chi connectivity index (χ3v) is 5.84. The van der Waals surface area contributed by atoms with Gasteiger partial charge in [0.05, 0.1) is 6.04 Å². The van der Waals surface area contributed by atoms with Crippen molar-refractivity contribution >= 4 is 11.8 Å². The van der Waals surface area contributed by atoms with E-state index in [4.69, 9.17) is 0 Å². The minimum atomic E-state index is -0.172. The van der Waals surface area contributed by atoms with Gasteiger partial charge in [-0.05, 0) is 46.3 Å². The van der Waals surface area contributed by atoms with Gasteiger partial charge < -0.3 is 0 Å². The number of hydrogen-bond acceptors (Lipinski definition) is 2. The van der Waals surface area contributed by atoms with Gasteiger partial charge in [0.25, 0.3) is 11.8 Å². The molecule has 0 saturated heterocycles. The van der Waals surface area contributed by atoms with Gasteiger partial charge in [-0.3, -0.25) is 14.5 Å². The van der Waals surface area contributed by atoms with Crippen LogP contribution in [0.1, 0.15) is 76.1 Å². The van der Waals surface area contributed by atoms with E-state index in [-0.39, 0.29) is 23.8 Å². The van der Waals surface area contributed by atoms with Crippen LogP contribution in [0.4, 0.5) is 0 Å². The van der Waals surface area contributed by atoms with E-state index in [1.54, 1.807) is 0 Å². The first-order valence-electron chi connectivity index (χ1n) is 9.43. The van der Waals surface area contributed by atoms with Crippen molar-refractivity contribution in [3.8, 4) is 0 Å². The van der Waals surface area contributed by atoms with Gasteiger partial charge in [-0.2, -0.15) is 0 Å². The van der Waals surface area contributed by atoms with Crippen molar-refractivity contribution in [2.24, 2.45) is 17.8 Å². The maximum atomic E-state index is 12.5. The lowest BCUT2D eigenvalue weighted by molar-refractivity contribution is -0.141. The predicted octanol–water partition coefficient (Wildman–Crippen LogP) is 4.80. The number of rotatable bonds is 4. The van der Waals surface area contributed by atoms with Crippen molar-refractivity contribution in [1.82, 2.24) is 4.90 Å². The summed E-state index contributed by atoms with van der Waals surface area (Å²) >= 11 is 0. The second kappa shape index (κ2) is 6.44. The summed E-state index contributed by atoms with van der Waals surface area (Å²) in [5.41, 5.74) is 3.82. The fourth-order valence-electron chi connectivity index (χ4n) is 4.90. The lowest BCUT2D eigenvalue weighted by Gasteiger charge is -2.35. The molecule has 1 heterocycles. The summed E-state index contributed by atoms with van der Waals surface area (Å²) in [7, 11) is 0. The van der Waals surface area contributed by atoms with E-state index in [0.29, 0.717) is 23.7 Å². The number of benzene rings is 1. The average Bonchev–Trinajstić information content (AvgIpc) is 3.04. The Hall–Kier alpha value is -1.90. The van der Waals surface area contributed by atoms with Crippen LogP contribution in [0.15, 0.2) is 30.4 Å². The summed E-state index contributed by atoms with van der Waals surface area (Å²) in [5.74, 6) is 1.47. The maximum absolute atomic E-state index is 12.5. The van der Waals surface area contributed by atoms with Crippen molar-refractivity contribution in [1.29, 1.82) is 0 Å².